The lowest BCUT2D eigenvalue weighted by Gasteiger charge is -1.96. The molecular weight excluding hydrogens is 390 g/mol. The number of ketones is 1. The molecule has 0 fully saturated rings. The first-order valence-electron chi connectivity index (χ1n) is 7.25. The Labute approximate surface area is 150 Å². The Hall–Kier alpha value is -3.00. The largest absolute Gasteiger partial charge is 0.460 e. The average molecular weight is 402 g/mol. The van der Waals surface area contributed by atoms with Gasteiger partial charge in [0.25, 0.3) is 0 Å². The van der Waals surface area contributed by atoms with Crippen molar-refractivity contribution < 1.29 is 14.1 Å². The molecule has 126 valence electrons. The molecule has 0 spiro atoms. The predicted molar refractivity (Wildman–Crippen MR) is 94.2 cm³/mol. The van der Waals surface area contributed by atoms with E-state index in [9.17, 15) is 14.9 Å². The van der Waals surface area contributed by atoms with E-state index in [1.54, 1.807) is 42.5 Å². The van der Waals surface area contributed by atoms with Gasteiger partial charge in [-0.2, -0.15) is 5.10 Å². The number of allylic oxidation sites excluding steroid dienone is 1. The number of furan rings is 1. The van der Waals surface area contributed by atoms with Gasteiger partial charge in [0, 0.05) is 10.0 Å². The molecule has 0 unspecified atom stereocenters. The van der Waals surface area contributed by atoms with Gasteiger partial charge in [-0.05, 0) is 48.6 Å². The molecule has 0 aliphatic rings. The van der Waals surface area contributed by atoms with E-state index in [-0.39, 0.29) is 18.0 Å². The Morgan fingerprint density at radius 2 is 2.04 bits per heavy atom. The number of nitrogens with zero attached hydrogens (tertiary/aromatic N) is 3. The van der Waals surface area contributed by atoms with Crippen LogP contribution in [0.2, 0.25) is 0 Å². The molecule has 0 bridgehead atoms. The second kappa shape index (κ2) is 7.27. The third-order valence-corrected chi connectivity index (χ3v) is 3.89. The highest BCUT2D eigenvalue weighted by Crippen LogP contribution is 2.15. The highest BCUT2D eigenvalue weighted by Gasteiger charge is 2.10. The molecule has 2 heterocycles. The molecule has 25 heavy (non-hydrogen) atoms. The highest BCUT2D eigenvalue weighted by atomic mass is 79.9. The maximum absolute atomic E-state index is 12.1. The molecule has 3 rings (SSSR count). The Kier molecular flexibility index (Phi) is 4.90. The minimum Gasteiger partial charge on any atom is -0.460 e. The first-order chi connectivity index (χ1) is 12.0. The van der Waals surface area contributed by atoms with Crippen molar-refractivity contribution in [2.24, 2.45) is 0 Å². The zero-order valence-corrected chi connectivity index (χ0v) is 14.4. The van der Waals surface area contributed by atoms with Gasteiger partial charge in [0.2, 0.25) is 0 Å². The fraction of sp³-hybridized carbons (Fsp3) is 0.0588. The molecule has 0 saturated heterocycles. The molecule has 8 heteroatoms. The Bertz CT molecular complexity index is 941. The fourth-order valence-corrected chi connectivity index (χ4v) is 2.39. The molecule has 0 aliphatic heterocycles. The Morgan fingerprint density at radius 3 is 2.72 bits per heavy atom. The van der Waals surface area contributed by atoms with Crippen molar-refractivity contribution >= 4 is 33.5 Å². The van der Waals surface area contributed by atoms with Crippen LogP contribution in [0.1, 0.15) is 21.9 Å². The van der Waals surface area contributed by atoms with Crippen molar-refractivity contribution in [1.82, 2.24) is 9.78 Å². The number of carbonyl (C=O) groups excluding carboxylic acids is 1. The summed E-state index contributed by atoms with van der Waals surface area (Å²) in [4.78, 5) is 22.2. The number of rotatable bonds is 6. The summed E-state index contributed by atoms with van der Waals surface area (Å²) in [5.74, 6) is 0.962. The molecule has 3 aromatic rings. The van der Waals surface area contributed by atoms with Crippen molar-refractivity contribution in [3.63, 3.8) is 0 Å². The smallest absolute Gasteiger partial charge is 0.307 e. The summed E-state index contributed by atoms with van der Waals surface area (Å²) in [5, 5.41) is 14.5. The summed E-state index contributed by atoms with van der Waals surface area (Å²) >= 11 is 3.32. The molecule has 0 amide bonds. The van der Waals surface area contributed by atoms with Crippen LogP contribution >= 0.6 is 15.9 Å². The maximum atomic E-state index is 12.1. The maximum Gasteiger partial charge on any atom is 0.307 e. The third kappa shape index (κ3) is 4.30. The number of hydrogen-bond donors (Lipinski definition) is 0. The molecule has 0 N–H and O–H groups in total. The monoisotopic (exact) mass is 401 g/mol. The first-order valence-corrected chi connectivity index (χ1v) is 8.04. The van der Waals surface area contributed by atoms with E-state index in [0.29, 0.717) is 17.1 Å². The minimum atomic E-state index is -0.506. The topological polar surface area (TPSA) is 91.2 Å². The second-order valence-corrected chi connectivity index (χ2v) is 6.08. The molecule has 0 saturated carbocycles. The molecule has 7 nitrogen and oxygen atoms in total. The van der Waals surface area contributed by atoms with Crippen LogP contribution in [0.3, 0.4) is 0 Å². The van der Waals surface area contributed by atoms with Crippen LogP contribution in [0, 0.1) is 10.1 Å². The summed E-state index contributed by atoms with van der Waals surface area (Å²) in [5.41, 5.74) is 0.502. The normalized spacial score (nSPS) is 11.1. The second-order valence-electron chi connectivity index (χ2n) is 5.16. The lowest BCUT2D eigenvalue weighted by molar-refractivity contribution is -0.385. The number of hydrogen-bond acceptors (Lipinski definition) is 5. The highest BCUT2D eigenvalue weighted by molar-refractivity contribution is 9.10. The van der Waals surface area contributed by atoms with Crippen molar-refractivity contribution in [2.75, 3.05) is 0 Å². The lowest BCUT2D eigenvalue weighted by Crippen LogP contribution is -1.98. The van der Waals surface area contributed by atoms with E-state index in [0.717, 1.165) is 4.47 Å². The number of nitro groups is 1. The van der Waals surface area contributed by atoms with Gasteiger partial charge in [-0.3, -0.25) is 19.6 Å². The van der Waals surface area contributed by atoms with Crippen molar-refractivity contribution in [1.29, 1.82) is 0 Å². The van der Waals surface area contributed by atoms with Gasteiger partial charge in [-0.1, -0.05) is 15.9 Å². The molecule has 0 aliphatic carbocycles. The molecule has 1 aromatic carbocycles. The summed E-state index contributed by atoms with van der Waals surface area (Å²) in [7, 11) is 0. The average Bonchev–Trinajstić information content (AvgIpc) is 3.23. The Balaban J connectivity index is 1.65. The van der Waals surface area contributed by atoms with Gasteiger partial charge in [0.05, 0.1) is 11.5 Å². The quantitative estimate of drug-likeness (QED) is 0.268. The molecule has 0 atom stereocenters. The number of benzene rings is 1. The van der Waals surface area contributed by atoms with E-state index in [4.69, 9.17) is 4.42 Å². The van der Waals surface area contributed by atoms with E-state index >= 15 is 0 Å². The summed E-state index contributed by atoms with van der Waals surface area (Å²) < 4.78 is 7.90. The van der Waals surface area contributed by atoms with Gasteiger partial charge in [-0.25, -0.2) is 0 Å². The molecule has 2 aromatic heterocycles. The van der Waals surface area contributed by atoms with E-state index in [2.05, 4.69) is 21.0 Å². The first kappa shape index (κ1) is 16.8. The SMILES string of the molecule is O=C(/C=C/c1ccc(Cn2cc([N+](=O)[O-])cn2)o1)c1ccc(Br)cc1. The minimum absolute atomic E-state index is 0.0771. The number of aromatic nitrogens is 2. The Morgan fingerprint density at radius 1 is 1.28 bits per heavy atom. The van der Waals surface area contributed by atoms with Gasteiger partial charge in [0.15, 0.2) is 5.78 Å². The number of halogens is 1. The van der Waals surface area contributed by atoms with Crippen LogP contribution in [-0.4, -0.2) is 20.5 Å². The van der Waals surface area contributed by atoms with Crippen molar-refractivity contribution in [3.05, 3.63) is 86.5 Å². The van der Waals surface area contributed by atoms with E-state index in [1.165, 1.54) is 23.2 Å². The summed E-state index contributed by atoms with van der Waals surface area (Å²) in [6.07, 6.45) is 5.53. The van der Waals surface area contributed by atoms with Crippen LogP contribution in [0.25, 0.3) is 6.08 Å². The zero-order valence-electron chi connectivity index (χ0n) is 12.8. The lowest BCUT2D eigenvalue weighted by atomic mass is 10.1. The van der Waals surface area contributed by atoms with E-state index in [1.807, 2.05) is 0 Å². The fourth-order valence-electron chi connectivity index (χ4n) is 2.13. The van der Waals surface area contributed by atoms with Gasteiger partial charge < -0.3 is 4.42 Å². The number of carbonyl (C=O) groups is 1. The van der Waals surface area contributed by atoms with Crippen molar-refractivity contribution in [3.8, 4) is 0 Å². The van der Waals surface area contributed by atoms with Crippen LogP contribution < -0.4 is 0 Å². The predicted octanol–water partition coefficient (Wildman–Crippen LogP) is 4.09. The van der Waals surface area contributed by atoms with E-state index < -0.39 is 4.92 Å². The van der Waals surface area contributed by atoms with Gasteiger partial charge in [0.1, 0.15) is 23.9 Å². The van der Waals surface area contributed by atoms with Crippen LogP contribution in [0.15, 0.2) is 63.8 Å². The summed E-state index contributed by atoms with van der Waals surface area (Å²) in [6.45, 7) is 0.266. The molecular formula is C17H12BrN3O4. The van der Waals surface area contributed by atoms with Crippen molar-refractivity contribution in [2.45, 2.75) is 6.54 Å². The van der Waals surface area contributed by atoms with Gasteiger partial charge in [-0.15, -0.1) is 0 Å². The zero-order chi connectivity index (χ0) is 17.8. The van der Waals surface area contributed by atoms with Crippen LogP contribution in [-0.2, 0) is 6.54 Å². The summed E-state index contributed by atoms with van der Waals surface area (Å²) in [6, 6.07) is 10.5. The van der Waals surface area contributed by atoms with Crippen LogP contribution in [0.4, 0.5) is 5.69 Å². The molecule has 0 radical (unpaired) electrons. The standard InChI is InChI=1S/C17H12BrN3O4/c18-13-3-1-12(2-4-13)17(22)8-7-15-5-6-16(25-15)11-20-10-14(9-19-20)21(23)24/h1-10H,11H2/b8-7+. The van der Waals surface area contributed by atoms with Crippen LogP contribution in [0.5, 0.6) is 0 Å². The van der Waals surface area contributed by atoms with Gasteiger partial charge >= 0.3 is 5.69 Å². The third-order valence-electron chi connectivity index (χ3n) is 3.36.